The molecule has 2 saturated heterocycles. The van der Waals surface area contributed by atoms with Gasteiger partial charge in [-0.3, -0.25) is 4.79 Å². The van der Waals surface area contributed by atoms with Gasteiger partial charge in [0.1, 0.15) is 0 Å². The number of nitrogens with one attached hydrogen (secondary N) is 1. The van der Waals surface area contributed by atoms with Crippen molar-refractivity contribution >= 4 is 16.1 Å². The van der Waals surface area contributed by atoms with Crippen LogP contribution in [0.5, 0.6) is 0 Å². The maximum absolute atomic E-state index is 12.5. The van der Waals surface area contributed by atoms with E-state index in [2.05, 4.69) is 5.32 Å². The standard InChI is InChI=1S/C14H27N3O3S/c1-13(18)15-8-5-14-6-11-17(12-7-14)21(19,20)16-9-3-2-4-10-16/h14H,2-12H2,1H3,(H,15,18). The summed E-state index contributed by atoms with van der Waals surface area (Å²) in [5.41, 5.74) is 0. The maximum atomic E-state index is 12.5. The van der Waals surface area contributed by atoms with Crippen LogP contribution < -0.4 is 5.32 Å². The van der Waals surface area contributed by atoms with Crippen LogP contribution in [0.1, 0.15) is 45.4 Å². The molecule has 2 fully saturated rings. The van der Waals surface area contributed by atoms with Crippen molar-refractivity contribution in [2.45, 2.75) is 45.4 Å². The van der Waals surface area contributed by atoms with E-state index < -0.39 is 10.2 Å². The lowest BCUT2D eigenvalue weighted by Crippen LogP contribution is -2.48. The Labute approximate surface area is 128 Å². The molecule has 0 radical (unpaired) electrons. The molecule has 21 heavy (non-hydrogen) atoms. The van der Waals surface area contributed by atoms with E-state index in [9.17, 15) is 13.2 Å². The number of carbonyl (C=O) groups is 1. The lowest BCUT2D eigenvalue weighted by atomic mass is 9.95. The third-order valence-electron chi connectivity index (χ3n) is 4.47. The van der Waals surface area contributed by atoms with Gasteiger partial charge < -0.3 is 5.32 Å². The summed E-state index contributed by atoms with van der Waals surface area (Å²) in [5.74, 6) is 0.518. The van der Waals surface area contributed by atoms with Gasteiger partial charge in [0.2, 0.25) is 5.91 Å². The first-order chi connectivity index (χ1) is 10.00. The van der Waals surface area contributed by atoms with Crippen molar-refractivity contribution in [3.63, 3.8) is 0 Å². The van der Waals surface area contributed by atoms with Crippen molar-refractivity contribution in [3.8, 4) is 0 Å². The molecule has 2 heterocycles. The molecule has 7 heteroatoms. The number of hydrogen-bond acceptors (Lipinski definition) is 3. The number of rotatable bonds is 5. The number of piperidine rings is 2. The zero-order valence-corrected chi connectivity index (χ0v) is 13.7. The van der Waals surface area contributed by atoms with Crippen LogP contribution in [0.2, 0.25) is 0 Å². The van der Waals surface area contributed by atoms with Crippen LogP contribution in [0.15, 0.2) is 0 Å². The van der Waals surface area contributed by atoms with Crippen LogP contribution in [0, 0.1) is 5.92 Å². The Morgan fingerprint density at radius 3 is 2.19 bits per heavy atom. The summed E-state index contributed by atoms with van der Waals surface area (Å²) in [6, 6.07) is 0. The third kappa shape index (κ3) is 4.66. The molecule has 0 atom stereocenters. The van der Waals surface area contributed by atoms with Crippen LogP contribution in [0.3, 0.4) is 0 Å². The van der Waals surface area contributed by atoms with Gasteiger partial charge in [-0.2, -0.15) is 17.0 Å². The van der Waals surface area contributed by atoms with E-state index in [4.69, 9.17) is 0 Å². The van der Waals surface area contributed by atoms with Crippen LogP contribution in [0.4, 0.5) is 0 Å². The number of amides is 1. The molecule has 1 amide bonds. The molecule has 0 aromatic heterocycles. The van der Waals surface area contributed by atoms with Gasteiger partial charge in [-0.1, -0.05) is 6.42 Å². The van der Waals surface area contributed by atoms with Gasteiger partial charge in [0, 0.05) is 39.6 Å². The molecule has 0 spiro atoms. The van der Waals surface area contributed by atoms with E-state index in [1.807, 2.05) is 0 Å². The molecule has 1 N–H and O–H groups in total. The SMILES string of the molecule is CC(=O)NCCC1CCN(S(=O)(=O)N2CCCCC2)CC1. The molecule has 0 aromatic rings. The molecular formula is C14H27N3O3S. The van der Waals surface area contributed by atoms with Gasteiger partial charge in [0.25, 0.3) is 10.2 Å². The molecule has 0 aromatic carbocycles. The van der Waals surface area contributed by atoms with Crippen molar-refractivity contribution in [1.82, 2.24) is 13.9 Å². The van der Waals surface area contributed by atoms with Gasteiger partial charge in [-0.15, -0.1) is 0 Å². The minimum atomic E-state index is -3.25. The Balaban J connectivity index is 1.78. The summed E-state index contributed by atoms with van der Waals surface area (Å²) in [4.78, 5) is 10.8. The molecule has 2 rings (SSSR count). The third-order valence-corrected chi connectivity index (χ3v) is 6.50. The summed E-state index contributed by atoms with van der Waals surface area (Å²) >= 11 is 0. The summed E-state index contributed by atoms with van der Waals surface area (Å²) in [6.07, 6.45) is 5.83. The summed E-state index contributed by atoms with van der Waals surface area (Å²) in [6.45, 7) is 4.79. The Hall–Kier alpha value is -0.660. The molecular weight excluding hydrogens is 290 g/mol. The molecule has 2 aliphatic rings. The summed E-state index contributed by atoms with van der Waals surface area (Å²) in [5, 5.41) is 2.81. The quantitative estimate of drug-likeness (QED) is 0.821. The average molecular weight is 317 g/mol. The Kier molecular flexibility index (Phi) is 6.01. The first kappa shape index (κ1) is 16.7. The van der Waals surface area contributed by atoms with Gasteiger partial charge in [0.15, 0.2) is 0 Å². The molecule has 122 valence electrons. The fraction of sp³-hybridized carbons (Fsp3) is 0.929. The van der Waals surface area contributed by atoms with Crippen LogP contribution >= 0.6 is 0 Å². The van der Waals surface area contributed by atoms with Gasteiger partial charge >= 0.3 is 0 Å². The van der Waals surface area contributed by atoms with E-state index in [0.29, 0.717) is 38.6 Å². The second-order valence-corrected chi connectivity index (χ2v) is 8.01. The van der Waals surface area contributed by atoms with E-state index in [-0.39, 0.29) is 5.91 Å². The van der Waals surface area contributed by atoms with Crippen molar-refractivity contribution < 1.29 is 13.2 Å². The van der Waals surface area contributed by atoms with Crippen LogP contribution in [0.25, 0.3) is 0 Å². The maximum Gasteiger partial charge on any atom is 0.281 e. The van der Waals surface area contributed by atoms with Gasteiger partial charge in [0.05, 0.1) is 0 Å². The topological polar surface area (TPSA) is 69.7 Å². The van der Waals surface area contributed by atoms with E-state index in [0.717, 1.165) is 38.5 Å². The van der Waals surface area contributed by atoms with Crippen molar-refractivity contribution in [2.24, 2.45) is 5.92 Å². The highest BCUT2D eigenvalue weighted by Gasteiger charge is 2.33. The molecule has 2 aliphatic heterocycles. The molecule has 0 unspecified atom stereocenters. The zero-order valence-electron chi connectivity index (χ0n) is 12.9. The largest absolute Gasteiger partial charge is 0.356 e. The van der Waals surface area contributed by atoms with E-state index in [1.54, 1.807) is 8.61 Å². The van der Waals surface area contributed by atoms with Crippen molar-refractivity contribution in [3.05, 3.63) is 0 Å². The molecule has 0 bridgehead atoms. The minimum absolute atomic E-state index is 0.000104. The zero-order chi connectivity index (χ0) is 15.3. The fourth-order valence-electron chi connectivity index (χ4n) is 3.14. The highest BCUT2D eigenvalue weighted by molar-refractivity contribution is 7.86. The monoisotopic (exact) mass is 317 g/mol. The second kappa shape index (κ2) is 7.56. The minimum Gasteiger partial charge on any atom is -0.356 e. The smallest absolute Gasteiger partial charge is 0.281 e. The van der Waals surface area contributed by atoms with Gasteiger partial charge in [-0.05, 0) is 38.0 Å². The summed E-state index contributed by atoms with van der Waals surface area (Å²) < 4.78 is 28.4. The lowest BCUT2D eigenvalue weighted by molar-refractivity contribution is -0.119. The summed E-state index contributed by atoms with van der Waals surface area (Å²) in [7, 11) is -3.25. The number of hydrogen-bond donors (Lipinski definition) is 1. The predicted octanol–water partition coefficient (Wildman–Crippen LogP) is 0.955. The van der Waals surface area contributed by atoms with Crippen molar-refractivity contribution in [1.29, 1.82) is 0 Å². The van der Waals surface area contributed by atoms with Crippen LogP contribution in [-0.2, 0) is 15.0 Å². The highest BCUT2D eigenvalue weighted by atomic mass is 32.2. The Morgan fingerprint density at radius 1 is 1.05 bits per heavy atom. The molecule has 0 saturated carbocycles. The van der Waals surface area contributed by atoms with E-state index >= 15 is 0 Å². The van der Waals surface area contributed by atoms with E-state index in [1.165, 1.54) is 6.92 Å². The molecule has 6 nitrogen and oxygen atoms in total. The first-order valence-electron chi connectivity index (χ1n) is 8.00. The lowest BCUT2D eigenvalue weighted by Gasteiger charge is -2.36. The van der Waals surface area contributed by atoms with Gasteiger partial charge in [-0.25, -0.2) is 0 Å². The molecule has 0 aliphatic carbocycles. The Bertz CT molecular complexity index is 438. The normalized spacial score (nSPS) is 23.1. The number of nitrogens with zero attached hydrogens (tertiary/aromatic N) is 2. The average Bonchev–Trinajstić information content (AvgIpc) is 2.48. The first-order valence-corrected chi connectivity index (χ1v) is 9.39. The van der Waals surface area contributed by atoms with Crippen molar-refractivity contribution in [2.75, 3.05) is 32.7 Å². The number of carbonyl (C=O) groups excluding carboxylic acids is 1. The predicted molar refractivity (Wildman–Crippen MR) is 81.9 cm³/mol. The second-order valence-electron chi connectivity index (χ2n) is 6.08. The highest BCUT2D eigenvalue weighted by Crippen LogP contribution is 2.24. The van der Waals surface area contributed by atoms with Crippen LogP contribution in [-0.4, -0.2) is 55.7 Å². The Morgan fingerprint density at radius 2 is 1.62 bits per heavy atom. The fourth-order valence-corrected chi connectivity index (χ4v) is 4.86.